The summed E-state index contributed by atoms with van der Waals surface area (Å²) in [6.45, 7) is 0.554. The number of carbonyl (C=O) groups is 3. The smallest absolute Gasteiger partial charge is 0.341 e. The Morgan fingerprint density at radius 3 is 2.54 bits per heavy atom. The van der Waals surface area contributed by atoms with Gasteiger partial charge in [-0.3, -0.25) is 9.59 Å². The molecule has 35 heavy (non-hydrogen) atoms. The van der Waals surface area contributed by atoms with Crippen molar-refractivity contribution in [2.45, 2.75) is 37.6 Å². The minimum Gasteiger partial charge on any atom is -0.465 e. The van der Waals surface area contributed by atoms with Gasteiger partial charge >= 0.3 is 5.97 Å². The molecule has 2 amide bonds. The van der Waals surface area contributed by atoms with Gasteiger partial charge in [0.15, 0.2) is 0 Å². The number of fused-ring (bicyclic) bond motifs is 1. The molecular formula is C27H26N2O4S2. The third-order valence-electron chi connectivity index (χ3n) is 6.41. The monoisotopic (exact) mass is 506 g/mol. The number of hydrogen-bond donors (Lipinski definition) is 1. The highest BCUT2D eigenvalue weighted by Gasteiger charge is 2.33. The predicted octanol–water partition coefficient (Wildman–Crippen LogP) is 5.44. The minimum atomic E-state index is -0.406. The van der Waals surface area contributed by atoms with Crippen molar-refractivity contribution in [3.63, 3.8) is 0 Å². The Labute approximate surface area is 212 Å². The lowest BCUT2D eigenvalue weighted by Crippen LogP contribution is -2.27. The van der Waals surface area contributed by atoms with E-state index in [1.54, 1.807) is 23.9 Å². The van der Waals surface area contributed by atoms with Crippen LogP contribution in [0.25, 0.3) is 0 Å². The Bertz CT molecular complexity index is 1250. The van der Waals surface area contributed by atoms with Crippen molar-refractivity contribution in [2.24, 2.45) is 0 Å². The first-order chi connectivity index (χ1) is 17.0. The molecule has 2 heterocycles. The molecule has 1 saturated heterocycles. The van der Waals surface area contributed by atoms with E-state index >= 15 is 0 Å². The maximum absolute atomic E-state index is 13.1. The molecule has 1 N–H and O–H groups in total. The van der Waals surface area contributed by atoms with Gasteiger partial charge < -0.3 is 15.0 Å². The quantitative estimate of drug-likeness (QED) is 0.451. The Balaban J connectivity index is 1.33. The maximum atomic E-state index is 13.1. The second-order valence-corrected chi connectivity index (χ2v) is 10.8. The summed E-state index contributed by atoms with van der Waals surface area (Å²) in [4.78, 5) is 41.1. The number of ether oxygens (including phenoxy) is 1. The number of rotatable bonds is 6. The van der Waals surface area contributed by atoms with Crippen molar-refractivity contribution in [3.05, 3.63) is 87.3 Å². The van der Waals surface area contributed by atoms with Crippen molar-refractivity contribution < 1.29 is 19.1 Å². The first-order valence-corrected chi connectivity index (χ1v) is 13.5. The molecule has 1 aliphatic carbocycles. The molecule has 180 valence electrons. The van der Waals surface area contributed by atoms with Crippen LogP contribution in [0.3, 0.4) is 0 Å². The molecule has 1 aliphatic heterocycles. The number of aryl methyl sites for hydroxylation is 1. The van der Waals surface area contributed by atoms with Gasteiger partial charge in [-0.1, -0.05) is 42.5 Å². The van der Waals surface area contributed by atoms with Gasteiger partial charge in [0, 0.05) is 17.0 Å². The van der Waals surface area contributed by atoms with Gasteiger partial charge in [-0.05, 0) is 54.5 Å². The standard InChI is InChI=1S/C27H26N2O4S2/c1-33-27(32)23-20-9-5-6-10-21(20)35-25(23)28-24(31)18-11-13-19(14-12-18)26-29(22(30)16-34-26)15-17-7-3-2-4-8-17/h2-4,7-8,11-14,26H,5-6,9-10,15-16H2,1H3,(H,28,31)/t26-/m0/s1. The SMILES string of the molecule is COC(=O)c1c(NC(=O)c2ccc([C@@H]3SCC(=O)N3Cc3ccccc3)cc2)sc2c1CCCC2. The second kappa shape index (κ2) is 10.3. The molecule has 6 nitrogen and oxygen atoms in total. The van der Waals surface area contributed by atoms with Crippen LogP contribution in [0, 0.1) is 0 Å². The van der Waals surface area contributed by atoms with Crippen LogP contribution in [0.5, 0.6) is 0 Å². The van der Waals surface area contributed by atoms with E-state index in [1.807, 2.05) is 47.4 Å². The molecule has 1 fully saturated rings. The Hall–Kier alpha value is -3.10. The first-order valence-electron chi connectivity index (χ1n) is 11.6. The molecule has 5 rings (SSSR count). The lowest BCUT2D eigenvalue weighted by atomic mass is 9.95. The van der Waals surface area contributed by atoms with Gasteiger partial charge in [-0.15, -0.1) is 23.1 Å². The van der Waals surface area contributed by atoms with Crippen molar-refractivity contribution in [2.75, 3.05) is 18.2 Å². The van der Waals surface area contributed by atoms with Crippen LogP contribution in [-0.2, 0) is 28.9 Å². The van der Waals surface area contributed by atoms with Crippen LogP contribution >= 0.6 is 23.1 Å². The zero-order valence-corrected chi connectivity index (χ0v) is 21.0. The van der Waals surface area contributed by atoms with Gasteiger partial charge in [0.2, 0.25) is 5.91 Å². The Morgan fingerprint density at radius 2 is 1.80 bits per heavy atom. The van der Waals surface area contributed by atoms with Crippen LogP contribution in [0.4, 0.5) is 5.00 Å². The number of thioether (sulfide) groups is 1. The van der Waals surface area contributed by atoms with Crippen LogP contribution in [0.15, 0.2) is 54.6 Å². The van der Waals surface area contributed by atoms with Gasteiger partial charge in [0.25, 0.3) is 5.91 Å². The first kappa shape index (κ1) is 23.6. The number of esters is 1. The van der Waals surface area contributed by atoms with E-state index in [2.05, 4.69) is 5.32 Å². The molecular weight excluding hydrogens is 480 g/mol. The van der Waals surface area contributed by atoms with Gasteiger partial charge in [0.05, 0.1) is 18.4 Å². The predicted molar refractivity (Wildman–Crippen MR) is 139 cm³/mol. The number of amides is 2. The Kier molecular flexibility index (Phi) is 6.92. The molecule has 0 bridgehead atoms. The van der Waals surface area contributed by atoms with Crippen LogP contribution in [0.2, 0.25) is 0 Å². The summed E-state index contributed by atoms with van der Waals surface area (Å²) in [5.74, 6) is -0.116. The maximum Gasteiger partial charge on any atom is 0.341 e. The van der Waals surface area contributed by atoms with E-state index < -0.39 is 5.97 Å². The van der Waals surface area contributed by atoms with Crippen molar-refractivity contribution in [1.82, 2.24) is 4.90 Å². The number of benzene rings is 2. The van der Waals surface area contributed by atoms with Gasteiger partial charge in [-0.25, -0.2) is 4.79 Å². The summed E-state index contributed by atoms with van der Waals surface area (Å²) in [5, 5.41) is 3.42. The van der Waals surface area contributed by atoms with Crippen molar-refractivity contribution >= 4 is 45.9 Å². The third kappa shape index (κ3) is 4.86. The van der Waals surface area contributed by atoms with Crippen molar-refractivity contribution in [3.8, 4) is 0 Å². The molecule has 3 aromatic rings. The van der Waals surface area contributed by atoms with Crippen LogP contribution in [-0.4, -0.2) is 35.5 Å². The zero-order valence-electron chi connectivity index (χ0n) is 19.4. The summed E-state index contributed by atoms with van der Waals surface area (Å²) in [5.41, 5.74) is 4.08. The summed E-state index contributed by atoms with van der Waals surface area (Å²) in [6, 6.07) is 17.3. The fraction of sp³-hybridized carbons (Fsp3) is 0.296. The summed E-state index contributed by atoms with van der Waals surface area (Å²) >= 11 is 3.07. The summed E-state index contributed by atoms with van der Waals surface area (Å²) < 4.78 is 5.00. The number of carbonyl (C=O) groups excluding carboxylic acids is 3. The number of hydrogen-bond acceptors (Lipinski definition) is 6. The van der Waals surface area contributed by atoms with E-state index in [9.17, 15) is 14.4 Å². The molecule has 1 atom stereocenters. The molecule has 0 saturated carbocycles. The highest BCUT2D eigenvalue weighted by atomic mass is 32.2. The highest BCUT2D eigenvalue weighted by molar-refractivity contribution is 8.00. The second-order valence-electron chi connectivity index (χ2n) is 8.65. The average Bonchev–Trinajstić information content (AvgIpc) is 3.44. The minimum absolute atomic E-state index is 0.0882. The van der Waals surface area contributed by atoms with Crippen LogP contribution < -0.4 is 5.32 Å². The largest absolute Gasteiger partial charge is 0.465 e. The molecule has 2 aliphatic rings. The molecule has 8 heteroatoms. The zero-order chi connectivity index (χ0) is 24.4. The Morgan fingerprint density at radius 1 is 1.06 bits per heavy atom. The lowest BCUT2D eigenvalue weighted by molar-refractivity contribution is -0.128. The van der Waals surface area contributed by atoms with Gasteiger partial charge in [-0.2, -0.15) is 0 Å². The van der Waals surface area contributed by atoms with Crippen molar-refractivity contribution in [1.29, 1.82) is 0 Å². The fourth-order valence-electron chi connectivity index (χ4n) is 4.63. The van der Waals surface area contributed by atoms with E-state index in [0.29, 0.717) is 28.4 Å². The summed E-state index contributed by atoms with van der Waals surface area (Å²) in [7, 11) is 1.37. The average molecular weight is 507 g/mol. The number of nitrogens with zero attached hydrogens (tertiary/aromatic N) is 1. The fourth-order valence-corrected chi connectivity index (χ4v) is 7.09. The van der Waals surface area contributed by atoms with Gasteiger partial charge in [0.1, 0.15) is 10.4 Å². The lowest BCUT2D eigenvalue weighted by Gasteiger charge is -2.24. The number of thiophene rings is 1. The summed E-state index contributed by atoms with van der Waals surface area (Å²) in [6.07, 6.45) is 3.88. The highest BCUT2D eigenvalue weighted by Crippen LogP contribution is 2.40. The molecule has 0 spiro atoms. The van der Waals surface area contributed by atoms with E-state index in [0.717, 1.165) is 47.3 Å². The van der Waals surface area contributed by atoms with E-state index in [4.69, 9.17) is 4.74 Å². The normalized spacial score (nSPS) is 17.2. The molecule has 0 unspecified atom stereocenters. The number of anilines is 1. The third-order valence-corrected chi connectivity index (χ3v) is 8.87. The van der Waals surface area contributed by atoms with E-state index in [1.165, 1.54) is 18.4 Å². The molecule has 2 aromatic carbocycles. The van der Waals surface area contributed by atoms with Crippen LogP contribution in [0.1, 0.15) is 60.5 Å². The molecule has 0 radical (unpaired) electrons. The molecule has 1 aromatic heterocycles. The number of methoxy groups -OCH3 is 1. The van der Waals surface area contributed by atoms with E-state index in [-0.39, 0.29) is 17.2 Å². The topological polar surface area (TPSA) is 75.7 Å². The number of nitrogens with one attached hydrogen (secondary N) is 1.